The number of anilines is 1. The SMILES string of the molecule is CN(Cc1nc2scc(-c3ccco3)c2c(=O)[nH]1)c1cnn(C)c1. The molecule has 4 rings (SSSR count). The van der Waals surface area contributed by atoms with Gasteiger partial charge in [-0.2, -0.15) is 5.10 Å². The Morgan fingerprint density at radius 2 is 2.33 bits per heavy atom. The lowest BCUT2D eigenvalue weighted by Crippen LogP contribution is -2.21. The van der Waals surface area contributed by atoms with Crippen LogP contribution in [-0.2, 0) is 13.6 Å². The van der Waals surface area contributed by atoms with Gasteiger partial charge in [-0.1, -0.05) is 0 Å². The molecule has 4 aromatic heterocycles. The van der Waals surface area contributed by atoms with Crippen molar-refractivity contribution in [3.63, 3.8) is 0 Å². The van der Waals surface area contributed by atoms with Crippen molar-refractivity contribution in [1.82, 2.24) is 19.7 Å². The van der Waals surface area contributed by atoms with Gasteiger partial charge in [-0.15, -0.1) is 11.3 Å². The number of furan rings is 1. The minimum absolute atomic E-state index is 0.151. The molecule has 0 unspecified atom stereocenters. The Kier molecular flexibility index (Phi) is 3.46. The summed E-state index contributed by atoms with van der Waals surface area (Å²) >= 11 is 1.44. The molecule has 4 aromatic rings. The molecule has 1 N–H and O–H groups in total. The van der Waals surface area contributed by atoms with Gasteiger partial charge in [-0.05, 0) is 12.1 Å². The van der Waals surface area contributed by atoms with E-state index in [4.69, 9.17) is 4.42 Å². The first-order chi connectivity index (χ1) is 11.6. The third-order valence-electron chi connectivity index (χ3n) is 3.80. The van der Waals surface area contributed by atoms with E-state index in [1.807, 2.05) is 36.6 Å². The van der Waals surface area contributed by atoms with E-state index >= 15 is 0 Å². The van der Waals surface area contributed by atoms with Crippen LogP contribution in [0.1, 0.15) is 5.82 Å². The molecule has 0 aliphatic heterocycles. The summed E-state index contributed by atoms with van der Waals surface area (Å²) in [6.45, 7) is 0.491. The molecule has 0 radical (unpaired) electrons. The summed E-state index contributed by atoms with van der Waals surface area (Å²) in [7, 11) is 3.80. The van der Waals surface area contributed by atoms with Crippen molar-refractivity contribution in [1.29, 1.82) is 0 Å². The molecule has 4 heterocycles. The molecule has 0 spiro atoms. The molecule has 0 fully saturated rings. The first kappa shape index (κ1) is 14.7. The van der Waals surface area contributed by atoms with Crippen molar-refractivity contribution in [2.75, 3.05) is 11.9 Å². The number of rotatable bonds is 4. The Hall–Kier alpha value is -2.87. The van der Waals surface area contributed by atoms with E-state index in [0.717, 1.165) is 11.3 Å². The number of nitrogens with zero attached hydrogens (tertiary/aromatic N) is 4. The molecular formula is C16H15N5O2S. The first-order valence-corrected chi connectivity index (χ1v) is 8.24. The normalized spacial score (nSPS) is 11.2. The summed E-state index contributed by atoms with van der Waals surface area (Å²) in [4.78, 5) is 22.7. The summed E-state index contributed by atoms with van der Waals surface area (Å²) in [6.07, 6.45) is 5.28. The Balaban J connectivity index is 1.70. The van der Waals surface area contributed by atoms with Crippen molar-refractivity contribution >= 4 is 27.2 Å². The number of nitrogens with one attached hydrogen (secondary N) is 1. The van der Waals surface area contributed by atoms with Gasteiger partial charge < -0.3 is 14.3 Å². The summed E-state index contributed by atoms with van der Waals surface area (Å²) < 4.78 is 7.14. The molecule has 0 bridgehead atoms. The fraction of sp³-hybridized carbons (Fsp3) is 0.188. The van der Waals surface area contributed by atoms with E-state index in [0.29, 0.717) is 28.3 Å². The predicted molar refractivity (Wildman–Crippen MR) is 93.3 cm³/mol. The van der Waals surface area contributed by atoms with Crippen LogP contribution in [0.4, 0.5) is 5.69 Å². The fourth-order valence-corrected chi connectivity index (χ4v) is 3.55. The number of thiophene rings is 1. The number of aryl methyl sites for hydroxylation is 1. The summed E-state index contributed by atoms with van der Waals surface area (Å²) in [5.74, 6) is 1.29. The standard InChI is InChI=1S/C16H15N5O2S/c1-20(10-6-17-21(2)7-10)8-13-18-15(22)14-11(9-24-16(14)19-13)12-4-3-5-23-12/h3-7,9H,8H2,1-2H3,(H,18,19,22). The highest BCUT2D eigenvalue weighted by molar-refractivity contribution is 7.17. The van der Waals surface area contributed by atoms with Crippen LogP contribution >= 0.6 is 11.3 Å². The van der Waals surface area contributed by atoms with E-state index in [2.05, 4.69) is 15.1 Å². The van der Waals surface area contributed by atoms with E-state index in [-0.39, 0.29) is 5.56 Å². The van der Waals surface area contributed by atoms with Gasteiger partial charge in [0.25, 0.3) is 5.56 Å². The van der Waals surface area contributed by atoms with E-state index in [1.54, 1.807) is 23.2 Å². The number of aromatic amines is 1. The number of fused-ring (bicyclic) bond motifs is 1. The molecule has 0 amide bonds. The van der Waals surface area contributed by atoms with Crippen molar-refractivity contribution in [3.8, 4) is 11.3 Å². The third-order valence-corrected chi connectivity index (χ3v) is 4.67. The second kappa shape index (κ2) is 5.64. The highest BCUT2D eigenvalue weighted by Crippen LogP contribution is 2.30. The van der Waals surface area contributed by atoms with Crippen LogP contribution in [0.15, 0.2) is 45.4 Å². The van der Waals surface area contributed by atoms with E-state index in [1.165, 1.54) is 11.3 Å². The van der Waals surface area contributed by atoms with Gasteiger partial charge in [0, 0.05) is 31.2 Å². The lowest BCUT2D eigenvalue weighted by molar-refractivity contribution is 0.583. The Morgan fingerprint density at radius 3 is 3.04 bits per heavy atom. The topological polar surface area (TPSA) is 80.0 Å². The summed E-state index contributed by atoms with van der Waals surface area (Å²) in [5, 5.41) is 6.63. The Labute approximate surface area is 141 Å². The largest absolute Gasteiger partial charge is 0.464 e. The monoisotopic (exact) mass is 341 g/mol. The highest BCUT2D eigenvalue weighted by Gasteiger charge is 2.15. The van der Waals surface area contributed by atoms with Crippen LogP contribution in [-0.4, -0.2) is 26.8 Å². The molecular weight excluding hydrogens is 326 g/mol. The van der Waals surface area contributed by atoms with Crippen molar-refractivity contribution < 1.29 is 4.42 Å². The van der Waals surface area contributed by atoms with Gasteiger partial charge in [0.15, 0.2) is 0 Å². The van der Waals surface area contributed by atoms with Gasteiger partial charge in [-0.3, -0.25) is 9.48 Å². The molecule has 0 atom stereocenters. The zero-order valence-corrected chi connectivity index (χ0v) is 14.0. The van der Waals surface area contributed by atoms with Crippen LogP contribution in [0.5, 0.6) is 0 Å². The average Bonchev–Trinajstić information content (AvgIpc) is 3.25. The molecule has 24 heavy (non-hydrogen) atoms. The van der Waals surface area contributed by atoms with Crippen LogP contribution in [0.3, 0.4) is 0 Å². The molecule has 7 nitrogen and oxygen atoms in total. The molecule has 0 saturated heterocycles. The quantitative estimate of drug-likeness (QED) is 0.617. The number of aromatic nitrogens is 4. The summed E-state index contributed by atoms with van der Waals surface area (Å²) in [5.41, 5.74) is 1.59. The summed E-state index contributed by atoms with van der Waals surface area (Å²) in [6, 6.07) is 3.64. The van der Waals surface area contributed by atoms with E-state index < -0.39 is 0 Å². The second-order valence-electron chi connectivity index (χ2n) is 5.55. The van der Waals surface area contributed by atoms with Crippen LogP contribution in [0, 0.1) is 0 Å². The van der Waals surface area contributed by atoms with Gasteiger partial charge in [0.2, 0.25) is 0 Å². The average molecular weight is 341 g/mol. The molecule has 0 aliphatic carbocycles. The third kappa shape index (κ3) is 2.50. The van der Waals surface area contributed by atoms with Crippen molar-refractivity contribution in [3.05, 3.63) is 52.3 Å². The van der Waals surface area contributed by atoms with Gasteiger partial charge in [0.1, 0.15) is 16.4 Å². The number of H-pyrrole nitrogens is 1. The Morgan fingerprint density at radius 1 is 1.46 bits per heavy atom. The van der Waals surface area contributed by atoms with Crippen LogP contribution in [0.25, 0.3) is 21.5 Å². The zero-order chi connectivity index (χ0) is 16.7. The van der Waals surface area contributed by atoms with Gasteiger partial charge in [-0.25, -0.2) is 4.98 Å². The maximum atomic E-state index is 12.5. The fourth-order valence-electron chi connectivity index (χ4n) is 2.60. The van der Waals surface area contributed by atoms with Crippen LogP contribution in [0.2, 0.25) is 0 Å². The maximum Gasteiger partial charge on any atom is 0.260 e. The lowest BCUT2D eigenvalue weighted by atomic mass is 10.2. The predicted octanol–water partition coefficient (Wildman–Crippen LogP) is 2.61. The second-order valence-corrected chi connectivity index (χ2v) is 6.41. The molecule has 122 valence electrons. The van der Waals surface area contributed by atoms with Gasteiger partial charge >= 0.3 is 0 Å². The van der Waals surface area contributed by atoms with Gasteiger partial charge in [0.05, 0.1) is 30.1 Å². The molecule has 0 saturated carbocycles. The Bertz CT molecular complexity index is 1040. The molecule has 0 aromatic carbocycles. The minimum atomic E-state index is -0.151. The van der Waals surface area contributed by atoms with Crippen molar-refractivity contribution in [2.45, 2.75) is 6.54 Å². The lowest BCUT2D eigenvalue weighted by Gasteiger charge is -2.15. The number of hydrogen-bond donors (Lipinski definition) is 1. The molecule has 8 heteroatoms. The highest BCUT2D eigenvalue weighted by atomic mass is 32.1. The van der Waals surface area contributed by atoms with E-state index in [9.17, 15) is 4.79 Å². The van der Waals surface area contributed by atoms with Crippen molar-refractivity contribution in [2.24, 2.45) is 7.05 Å². The zero-order valence-electron chi connectivity index (χ0n) is 13.2. The minimum Gasteiger partial charge on any atom is -0.464 e. The first-order valence-electron chi connectivity index (χ1n) is 7.36. The maximum absolute atomic E-state index is 12.5. The van der Waals surface area contributed by atoms with Crippen LogP contribution < -0.4 is 10.5 Å². The smallest absolute Gasteiger partial charge is 0.260 e. The number of hydrogen-bond acceptors (Lipinski definition) is 6. The molecule has 0 aliphatic rings.